The number of ether oxygens (including phenoxy) is 1. The molecule has 11 heteroatoms. The molecule has 32 heavy (non-hydrogen) atoms. The van der Waals surface area contributed by atoms with Gasteiger partial charge in [0.15, 0.2) is 11.6 Å². The molecular weight excluding hydrogens is 433 g/mol. The number of hydrogen-bond acceptors (Lipinski definition) is 8. The van der Waals surface area contributed by atoms with Gasteiger partial charge in [0.25, 0.3) is 0 Å². The van der Waals surface area contributed by atoms with Gasteiger partial charge >= 0.3 is 0 Å². The second-order valence-corrected chi connectivity index (χ2v) is 11.0. The first-order valence-corrected chi connectivity index (χ1v) is 12.5. The van der Waals surface area contributed by atoms with E-state index in [4.69, 9.17) is 19.5 Å². The zero-order valence-electron chi connectivity index (χ0n) is 18.2. The van der Waals surface area contributed by atoms with Crippen molar-refractivity contribution in [3.05, 3.63) is 29.7 Å². The highest BCUT2D eigenvalue weighted by Gasteiger charge is 2.53. The molecule has 3 heterocycles. The molecule has 170 valence electrons. The number of halogens is 1. The minimum Gasteiger partial charge on any atom is -0.377 e. The van der Waals surface area contributed by atoms with Crippen LogP contribution in [-0.4, -0.2) is 63.2 Å². The second kappa shape index (κ2) is 7.38. The molecule has 1 saturated carbocycles. The number of imidazole rings is 1. The molecule has 1 saturated heterocycles. The zero-order chi connectivity index (χ0) is 22.7. The molecule has 2 aliphatic rings. The van der Waals surface area contributed by atoms with Crippen molar-refractivity contribution in [3.63, 3.8) is 0 Å². The molecule has 9 nitrogen and oxygen atoms in total. The van der Waals surface area contributed by atoms with Gasteiger partial charge in [-0.3, -0.25) is 4.78 Å². The number of rotatable bonds is 5. The highest BCUT2D eigenvalue weighted by molar-refractivity contribution is 7.92. The summed E-state index contributed by atoms with van der Waals surface area (Å²) in [6, 6.07) is 4.95. The third kappa shape index (κ3) is 3.30. The number of nitrogens with one attached hydrogen (secondary N) is 3. The number of aromatic nitrogens is 4. The van der Waals surface area contributed by atoms with Crippen molar-refractivity contribution in [2.75, 3.05) is 43.3 Å². The largest absolute Gasteiger partial charge is 0.377 e. The normalized spacial score (nSPS) is 22.0. The maximum Gasteiger partial charge on any atom is 0.201 e. The number of aromatic amines is 1. The van der Waals surface area contributed by atoms with Crippen molar-refractivity contribution in [2.45, 2.75) is 30.6 Å². The fourth-order valence-electron chi connectivity index (χ4n) is 4.33. The Bertz CT molecular complexity index is 1300. The van der Waals surface area contributed by atoms with Gasteiger partial charge in [0, 0.05) is 31.5 Å². The van der Waals surface area contributed by atoms with Gasteiger partial charge < -0.3 is 19.9 Å². The van der Waals surface area contributed by atoms with E-state index < -0.39 is 20.3 Å². The molecule has 2 aromatic heterocycles. The van der Waals surface area contributed by atoms with Crippen LogP contribution in [-0.2, 0) is 19.2 Å². The maximum absolute atomic E-state index is 14.5. The predicted octanol–water partition coefficient (Wildman–Crippen LogP) is 3.09. The van der Waals surface area contributed by atoms with Crippen LogP contribution in [0.1, 0.15) is 25.5 Å². The molecule has 0 unspecified atom stereocenters. The van der Waals surface area contributed by atoms with E-state index in [2.05, 4.69) is 27.1 Å². The predicted molar refractivity (Wildman–Crippen MR) is 122 cm³/mol. The number of H-pyrrole nitrogens is 1. The van der Waals surface area contributed by atoms with Crippen molar-refractivity contribution in [1.29, 1.82) is 4.78 Å². The third-order valence-electron chi connectivity index (χ3n) is 6.36. The fourth-order valence-corrected chi connectivity index (χ4v) is 5.71. The molecule has 2 atom stereocenters. The Hall–Kier alpha value is -2.79. The summed E-state index contributed by atoms with van der Waals surface area (Å²) in [6.07, 6.45) is 2.77. The summed E-state index contributed by atoms with van der Waals surface area (Å²) in [5, 5.41) is 2.90. The Kier molecular flexibility index (Phi) is 4.86. The summed E-state index contributed by atoms with van der Waals surface area (Å²) < 4.78 is 40.4. The van der Waals surface area contributed by atoms with Crippen molar-refractivity contribution in [2.24, 2.45) is 0 Å². The minimum atomic E-state index is -2.88. The first-order valence-electron chi connectivity index (χ1n) is 10.6. The summed E-state index contributed by atoms with van der Waals surface area (Å²) in [5.41, 5.74) is 1.89. The Morgan fingerprint density at radius 1 is 1.34 bits per heavy atom. The summed E-state index contributed by atoms with van der Waals surface area (Å²) in [4.78, 5) is 19.1. The highest BCUT2D eigenvalue weighted by atomic mass is 32.2. The maximum atomic E-state index is 14.5. The van der Waals surface area contributed by atoms with Gasteiger partial charge in [-0.1, -0.05) is 0 Å². The zero-order valence-corrected chi connectivity index (χ0v) is 19.1. The molecular formula is C21H26FN7O2S. The van der Waals surface area contributed by atoms with Gasteiger partial charge in [-0.2, -0.15) is 0 Å². The molecule has 3 N–H and O–H groups in total. The van der Waals surface area contributed by atoms with E-state index in [1.807, 2.05) is 6.07 Å². The molecule has 0 spiro atoms. The SMILES string of the molecule is CNc1nc2c(F)ccc(-c3nc(N4CCOC[C@H]4C)cc(C4([S@@](C)(=N)=O)CC4)n3)c2[nH]1. The number of fused-ring (bicyclic) bond motifs is 1. The smallest absolute Gasteiger partial charge is 0.201 e. The van der Waals surface area contributed by atoms with Crippen LogP contribution in [0.15, 0.2) is 18.2 Å². The minimum absolute atomic E-state index is 0.104. The van der Waals surface area contributed by atoms with Crippen molar-refractivity contribution in [1.82, 2.24) is 19.9 Å². The Morgan fingerprint density at radius 3 is 2.78 bits per heavy atom. The van der Waals surface area contributed by atoms with Crippen LogP contribution >= 0.6 is 0 Å². The van der Waals surface area contributed by atoms with Crippen molar-refractivity contribution in [3.8, 4) is 11.4 Å². The van der Waals surface area contributed by atoms with Crippen LogP contribution in [0.5, 0.6) is 0 Å². The molecule has 1 aliphatic heterocycles. The van der Waals surface area contributed by atoms with Gasteiger partial charge in [0.1, 0.15) is 11.3 Å². The Balaban J connectivity index is 1.73. The lowest BCUT2D eigenvalue weighted by atomic mass is 10.1. The quantitative estimate of drug-likeness (QED) is 0.536. The van der Waals surface area contributed by atoms with E-state index in [0.717, 1.165) is 0 Å². The van der Waals surface area contributed by atoms with Crippen LogP contribution in [0.4, 0.5) is 16.2 Å². The van der Waals surface area contributed by atoms with Crippen molar-refractivity contribution < 1.29 is 13.3 Å². The van der Waals surface area contributed by atoms with Crippen LogP contribution < -0.4 is 10.2 Å². The van der Waals surface area contributed by atoms with Crippen LogP contribution in [0.2, 0.25) is 0 Å². The van der Waals surface area contributed by atoms with Gasteiger partial charge in [-0.15, -0.1) is 0 Å². The monoisotopic (exact) mass is 459 g/mol. The summed E-state index contributed by atoms with van der Waals surface area (Å²) in [6.45, 7) is 3.89. The summed E-state index contributed by atoms with van der Waals surface area (Å²) in [5.74, 6) is 1.08. The average molecular weight is 460 g/mol. The van der Waals surface area contributed by atoms with E-state index in [9.17, 15) is 8.60 Å². The number of benzene rings is 1. The third-order valence-corrected chi connectivity index (χ3v) is 8.47. The van der Waals surface area contributed by atoms with Gasteiger partial charge in [-0.25, -0.2) is 23.6 Å². The van der Waals surface area contributed by atoms with Crippen LogP contribution in [0, 0.1) is 10.6 Å². The van der Waals surface area contributed by atoms with E-state index >= 15 is 0 Å². The van der Waals surface area contributed by atoms with E-state index in [0.29, 0.717) is 67.0 Å². The fraction of sp³-hybridized carbons (Fsp3) is 0.476. The van der Waals surface area contributed by atoms with Gasteiger partial charge in [0.05, 0.1) is 44.9 Å². The topological polar surface area (TPSA) is 120 Å². The molecule has 1 aliphatic carbocycles. The first kappa shape index (κ1) is 21.1. The molecule has 0 radical (unpaired) electrons. The van der Waals surface area contributed by atoms with Crippen molar-refractivity contribution >= 4 is 32.5 Å². The average Bonchev–Trinajstić information content (AvgIpc) is 3.48. The lowest BCUT2D eigenvalue weighted by Crippen LogP contribution is -2.44. The second-order valence-electron chi connectivity index (χ2n) is 8.54. The number of hydrogen-bond donors (Lipinski definition) is 3. The molecule has 0 bridgehead atoms. The number of morpholine rings is 1. The summed E-state index contributed by atoms with van der Waals surface area (Å²) in [7, 11) is -1.18. The van der Waals surface area contributed by atoms with Gasteiger partial charge in [-0.05, 0) is 31.9 Å². The Labute approximate surface area is 185 Å². The molecule has 5 rings (SSSR count). The van der Waals surface area contributed by atoms with Crippen LogP contribution in [0.25, 0.3) is 22.4 Å². The molecule has 1 aromatic carbocycles. The molecule has 2 fully saturated rings. The summed E-state index contributed by atoms with van der Waals surface area (Å²) >= 11 is 0. The van der Waals surface area contributed by atoms with E-state index in [1.54, 1.807) is 13.1 Å². The number of anilines is 2. The molecule has 0 amide bonds. The first-order chi connectivity index (χ1) is 15.2. The highest BCUT2D eigenvalue weighted by Crippen LogP contribution is 2.52. The van der Waals surface area contributed by atoms with E-state index in [1.165, 1.54) is 12.3 Å². The number of nitrogens with zero attached hydrogens (tertiary/aromatic N) is 4. The lowest BCUT2D eigenvalue weighted by Gasteiger charge is -2.34. The van der Waals surface area contributed by atoms with Gasteiger partial charge in [0.2, 0.25) is 5.95 Å². The lowest BCUT2D eigenvalue weighted by molar-refractivity contribution is 0.0985. The molecule has 3 aromatic rings. The Morgan fingerprint density at radius 2 is 2.12 bits per heavy atom. The van der Waals surface area contributed by atoms with E-state index in [-0.39, 0.29) is 11.6 Å². The van der Waals surface area contributed by atoms with Crippen LogP contribution in [0.3, 0.4) is 0 Å². The standard InChI is InChI=1S/C21H26FN7O2S/c1-12-11-31-9-8-29(12)16-10-15(21(6-7-21)32(3,23)30)25-19(26-16)13-4-5-14(22)18-17(13)27-20(24-2)28-18/h4-5,10,12,23H,6-9,11H2,1-3H3,(H2,24,27,28)/t12-,32+/m1/s1.